The third kappa shape index (κ3) is 3.57. The summed E-state index contributed by atoms with van der Waals surface area (Å²) in [7, 11) is 1.99. The van der Waals surface area contributed by atoms with Gasteiger partial charge in [-0.2, -0.15) is 0 Å². The summed E-state index contributed by atoms with van der Waals surface area (Å²) in [4.78, 5) is 16.3. The molecule has 5 heteroatoms. The van der Waals surface area contributed by atoms with Gasteiger partial charge in [-0.1, -0.05) is 12.1 Å². The number of hydrogen-bond donors (Lipinski definition) is 2. The molecule has 0 atom stereocenters. The number of amides is 1. The standard InChI is InChI=1S/C15H22N4O/c1-15(2,3)18-14(20)10-16-9-13-17-11-7-5-6-8-12(11)19(13)4/h5-8,16H,9-10H2,1-4H3,(H,18,20). The highest BCUT2D eigenvalue weighted by Crippen LogP contribution is 2.13. The minimum absolute atomic E-state index is 0.00346. The molecule has 20 heavy (non-hydrogen) atoms. The molecule has 0 aliphatic heterocycles. The van der Waals surface area contributed by atoms with E-state index in [4.69, 9.17) is 0 Å². The van der Waals surface area contributed by atoms with E-state index in [1.165, 1.54) is 0 Å². The first-order chi connectivity index (χ1) is 9.37. The Morgan fingerprint density at radius 3 is 2.65 bits per heavy atom. The van der Waals surface area contributed by atoms with E-state index in [9.17, 15) is 4.79 Å². The summed E-state index contributed by atoms with van der Waals surface area (Å²) < 4.78 is 2.05. The zero-order valence-corrected chi connectivity index (χ0v) is 12.5. The van der Waals surface area contributed by atoms with Crippen LogP contribution in [-0.4, -0.2) is 27.5 Å². The molecule has 1 aromatic carbocycles. The highest BCUT2D eigenvalue weighted by atomic mass is 16.2. The van der Waals surface area contributed by atoms with Crippen LogP contribution in [0.25, 0.3) is 11.0 Å². The molecule has 5 nitrogen and oxygen atoms in total. The van der Waals surface area contributed by atoms with Gasteiger partial charge in [0.1, 0.15) is 5.82 Å². The number of carbonyl (C=O) groups excluding carboxylic acids is 1. The maximum absolute atomic E-state index is 11.7. The largest absolute Gasteiger partial charge is 0.350 e. The van der Waals surface area contributed by atoms with Gasteiger partial charge in [-0.15, -0.1) is 0 Å². The highest BCUT2D eigenvalue weighted by Gasteiger charge is 2.13. The summed E-state index contributed by atoms with van der Waals surface area (Å²) in [5.41, 5.74) is 1.88. The van der Waals surface area contributed by atoms with Crippen LogP contribution in [-0.2, 0) is 18.4 Å². The molecule has 0 aliphatic rings. The maximum atomic E-state index is 11.7. The SMILES string of the molecule is Cn1c(CNCC(=O)NC(C)(C)C)nc2ccccc21. The topological polar surface area (TPSA) is 59.0 Å². The summed E-state index contributed by atoms with van der Waals surface area (Å²) in [5.74, 6) is 0.922. The van der Waals surface area contributed by atoms with E-state index in [1.54, 1.807) is 0 Å². The molecule has 2 N–H and O–H groups in total. The number of para-hydroxylation sites is 2. The van der Waals surface area contributed by atoms with Crippen LogP contribution < -0.4 is 10.6 Å². The van der Waals surface area contributed by atoms with Crippen molar-refractivity contribution in [1.82, 2.24) is 20.2 Å². The second-order valence-corrected chi connectivity index (χ2v) is 5.98. The molecule has 0 radical (unpaired) electrons. The summed E-state index contributed by atoms with van der Waals surface area (Å²) in [6.07, 6.45) is 0. The fourth-order valence-corrected chi connectivity index (χ4v) is 2.10. The fourth-order valence-electron chi connectivity index (χ4n) is 2.10. The summed E-state index contributed by atoms with van der Waals surface area (Å²) in [5, 5.41) is 6.05. The van der Waals surface area contributed by atoms with Crippen LogP contribution in [0.5, 0.6) is 0 Å². The molecule has 0 bridgehead atoms. The third-order valence-electron chi connectivity index (χ3n) is 2.96. The minimum atomic E-state index is -0.198. The molecule has 0 saturated heterocycles. The van der Waals surface area contributed by atoms with Crippen LogP contribution in [0.15, 0.2) is 24.3 Å². The van der Waals surface area contributed by atoms with Crippen molar-refractivity contribution in [2.24, 2.45) is 7.05 Å². The van der Waals surface area contributed by atoms with Crippen molar-refractivity contribution < 1.29 is 4.79 Å². The van der Waals surface area contributed by atoms with Crippen molar-refractivity contribution in [1.29, 1.82) is 0 Å². The van der Waals surface area contributed by atoms with Gasteiger partial charge in [0, 0.05) is 12.6 Å². The van der Waals surface area contributed by atoms with Gasteiger partial charge in [0.05, 0.1) is 24.1 Å². The predicted octanol–water partition coefficient (Wildman–Crippen LogP) is 1.58. The van der Waals surface area contributed by atoms with Crippen molar-refractivity contribution in [2.75, 3.05) is 6.54 Å². The van der Waals surface area contributed by atoms with Gasteiger partial charge in [0.15, 0.2) is 0 Å². The first kappa shape index (κ1) is 14.5. The number of benzene rings is 1. The lowest BCUT2D eigenvalue weighted by molar-refractivity contribution is -0.121. The van der Waals surface area contributed by atoms with Gasteiger partial charge < -0.3 is 15.2 Å². The monoisotopic (exact) mass is 274 g/mol. The van der Waals surface area contributed by atoms with E-state index in [2.05, 4.69) is 15.6 Å². The van der Waals surface area contributed by atoms with E-state index in [0.717, 1.165) is 16.9 Å². The smallest absolute Gasteiger partial charge is 0.234 e. The van der Waals surface area contributed by atoms with Crippen LogP contribution in [0.1, 0.15) is 26.6 Å². The van der Waals surface area contributed by atoms with Gasteiger partial charge >= 0.3 is 0 Å². The van der Waals surface area contributed by atoms with E-state index >= 15 is 0 Å². The second-order valence-electron chi connectivity index (χ2n) is 5.98. The van der Waals surface area contributed by atoms with E-state index < -0.39 is 0 Å². The molecule has 0 spiro atoms. The van der Waals surface area contributed by atoms with Crippen LogP contribution >= 0.6 is 0 Å². The molecule has 1 heterocycles. The number of fused-ring (bicyclic) bond motifs is 1. The Morgan fingerprint density at radius 1 is 1.30 bits per heavy atom. The summed E-state index contributed by atoms with van der Waals surface area (Å²) in [6, 6.07) is 8.00. The van der Waals surface area contributed by atoms with E-state index in [-0.39, 0.29) is 11.4 Å². The molecule has 2 aromatic rings. The average molecular weight is 274 g/mol. The molecule has 0 fully saturated rings. The molecule has 1 amide bonds. The molecule has 1 aromatic heterocycles. The fraction of sp³-hybridized carbons (Fsp3) is 0.467. The number of carbonyl (C=O) groups is 1. The summed E-state index contributed by atoms with van der Waals surface area (Å²) >= 11 is 0. The molecule has 0 unspecified atom stereocenters. The molecule has 2 rings (SSSR count). The van der Waals surface area contributed by atoms with E-state index in [1.807, 2.05) is 56.7 Å². The van der Waals surface area contributed by atoms with E-state index in [0.29, 0.717) is 13.1 Å². The van der Waals surface area contributed by atoms with Crippen molar-refractivity contribution in [3.05, 3.63) is 30.1 Å². The Balaban J connectivity index is 1.93. The number of imidazole rings is 1. The molecular weight excluding hydrogens is 252 g/mol. The van der Waals surface area contributed by atoms with Crippen molar-refractivity contribution in [2.45, 2.75) is 32.9 Å². The van der Waals surface area contributed by atoms with Gasteiger partial charge in [-0.25, -0.2) is 4.98 Å². The maximum Gasteiger partial charge on any atom is 0.234 e. The van der Waals surface area contributed by atoms with Gasteiger partial charge in [-0.05, 0) is 32.9 Å². The number of rotatable bonds is 4. The third-order valence-corrected chi connectivity index (χ3v) is 2.96. The first-order valence-corrected chi connectivity index (χ1v) is 6.79. The Labute approximate surface area is 119 Å². The average Bonchev–Trinajstić information content (AvgIpc) is 2.65. The number of hydrogen-bond acceptors (Lipinski definition) is 3. The zero-order valence-electron chi connectivity index (χ0n) is 12.5. The molecule has 108 valence electrons. The van der Waals surface area contributed by atoms with Gasteiger partial charge in [0.25, 0.3) is 0 Å². The molecule has 0 aliphatic carbocycles. The highest BCUT2D eigenvalue weighted by molar-refractivity contribution is 5.78. The van der Waals surface area contributed by atoms with Gasteiger partial charge in [-0.3, -0.25) is 4.79 Å². The Kier molecular flexibility index (Phi) is 4.09. The van der Waals surface area contributed by atoms with Crippen molar-refractivity contribution in [3.63, 3.8) is 0 Å². The summed E-state index contributed by atoms with van der Waals surface area (Å²) in [6.45, 7) is 6.77. The first-order valence-electron chi connectivity index (χ1n) is 6.79. The quantitative estimate of drug-likeness (QED) is 0.890. The Hall–Kier alpha value is -1.88. The second kappa shape index (κ2) is 5.63. The number of aromatic nitrogens is 2. The van der Waals surface area contributed by atoms with Crippen LogP contribution in [0, 0.1) is 0 Å². The normalized spacial score (nSPS) is 11.8. The molecular formula is C15H22N4O. The van der Waals surface area contributed by atoms with Crippen LogP contribution in [0.3, 0.4) is 0 Å². The lowest BCUT2D eigenvalue weighted by atomic mass is 10.1. The lowest BCUT2D eigenvalue weighted by Crippen LogP contribution is -2.44. The van der Waals surface area contributed by atoms with Crippen LogP contribution in [0.2, 0.25) is 0 Å². The molecule has 0 saturated carbocycles. The number of nitrogens with one attached hydrogen (secondary N) is 2. The minimum Gasteiger partial charge on any atom is -0.350 e. The number of nitrogens with zero attached hydrogens (tertiary/aromatic N) is 2. The number of aryl methyl sites for hydroxylation is 1. The van der Waals surface area contributed by atoms with Crippen molar-refractivity contribution >= 4 is 16.9 Å². The lowest BCUT2D eigenvalue weighted by Gasteiger charge is -2.20. The zero-order chi connectivity index (χ0) is 14.8. The van der Waals surface area contributed by atoms with Crippen LogP contribution in [0.4, 0.5) is 0 Å². The Bertz CT molecular complexity index is 610. The van der Waals surface area contributed by atoms with Gasteiger partial charge in [0.2, 0.25) is 5.91 Å². The Morgan fingerprint density at radius 2 is 2.00 bits per heavy atom. The van der Waals surface area contributed by atoms with Crippen molar-refractivity contribution in [3.8, 4) is 0 Å². The predicted molar refractivity (Wildman–Crippen MR) is 80.3 cm³/mol.